The smallest absolute Gasteiger partial charge is 0.146 e. The lowest BCUT2D eigenvalue weighted by molar-refractivity contribution is 0.756. The number of anilines is 1. The van der Waals surface area contributed by atoms with Crippen molar-refractivity contribution < 1.29 is 0 Å². The first-order valence-corrected chi connectivity index (χ1v) is 4.74. The molecule has 6 heteroatoms. The van der Waals surface area contributed by atoms with Gasteiger partial charge < -0.3 is 5.73 Å². The van der Waals surface area contributed by atoms with Crippen molar-refractivity contribution in [3.8, 4) is 11.3 Å². The van der Waals surface area contributed by atoms with Crippen LogP contribution in [0.4, 0.5) is 5.82 Å². The highest BCUT2D eigenvalue weighted by Crippen LogP contribution is 2.29. The van der Waals surface area contributed by atoms with Gasteiger partial charge in [0, 0.05) is 18.8 Å². The Labute approximate surface area is 91.9 Å². The number of rotatable bonds is 1. The number of halogens is 1. The van der Waals surface area contributed by atoms with Crippen LogP contribution in [0.25, 0.3) is 11.3 Å². The molecule has 0 amide bonds. The second-order valence-corrected chi connectivity index (χ2v) is 3.60. The Morgan fingerprint density at radius 1 is 1.40 bits per heavy atom. The number of aromatic nitrogens is 4. The van der Waals surface area contributed by atoms with Gasteiger partial charge in [0.05, 0.1) is 11.4 Å². The Kier molecular flexibility index (Phi) is 2.32. The molecule has 0 unspecified atom stereocenters. The van der Waals surface area contributed by atoms with Crippen molar-refractivity contribution in [1.82, 2.24) is 19.7 Å². The molecule has 15 heavy (non-hydrogen) atoms. The van der Waals surface area contributed by atoms with Crippen molar-refractivity contribution in [3.05, 3.63) is 23.2 Å². The van der Waals surface area contributed by atoms with E-state index in [1.54, 1.807) is 4.68 Å². The summed E-state index contributed by atoms with van der Waals surface area (Å²) in [5, 5.41) is 4.58. The first-order chi connectivity index (χ1) is 7.09. The van der Waals surface area contributed by atoms with Gasteiger partial charge in [0.25, 0.3) is 0 Å². The Morgan fingerprint density at radius 2 is 2.13 bits per heavy atom. The van der Waals surface area contributed by atoms with Crippen LogP contribution < -0.4 is 5.73 Å². The van der Waals surface area contributed by atoms with Gasteiger partial charge in [-0.05, 0) is 6.92 Å². The van der Waals surface area contributed by atoms with Gasteiger partial charge in [-0.1, -0.05) is 11.6 Å². The molecule has 2 aromatic rings. The van der Waals surface area contributed by atoms with Crippen LogP contribution in [0.2, 0.25) is 5.02 Å². The maximum Gasteiger partial charge on any atom is 0.146 e. The molecule has 0 aliphatic rings. The molecular weight excluding hydrogens is 214 g/mol. The molecule has 2 aromatic heterocycles. The summed E-state index contributed by atoms with van der Waals surface area (Å²) >= 11 is 6.02. The summed E-state index contributed by atoms with van der Waals surface area (Å²) in [7, 11) is 1.84. The van der Waals surface area contributed by atoms with Gasteiger partial charge in [0.1, 0.15) is 17.2 Å². The third-order valence-electron chi connectivity index (χ3n) is 2.09. The van der Waals surface area contributed by atoms with Gasteiger partial charge >= 0.3 is 0 Å². The first kappa shape index (κ1) is 9.92. The van der Waals surface area contributed by atoms with Crippen molar-refractivity contribution in [3.63, 3.8) is 0 Å². The highest BCUT2D eigenvalue weighted by molar-refractivity contribution is 6.35. The summed E-state index contributed by atoms with van der Waals surface area (Å²) < 4.78 is 1.71. The molecule has 0 radical (unpaired) electrons. The third-order valence-corrected chi connectivity index (χ3v) is 2.46. The van der Waals surface area contributed by atoms with E-state index in [9.17, 15) is 0 Å². The molecule has 0 saturated heterocycles. The predicted molar refractivity (Wildman–Crippen MR) is 58.4 cm³/mol. The summed E-state index contributed by atoms with van der Waals surface area (Å²) in [5.41, 5.74) is 7.96. The Balaban J connectivity index is 2.64. The molecule has 2 rings (SSSR count). The van der Waals surface area contributed by atoms with Gasteiger partial charge in [0.15, 0.2) is 0 Å². The topological polar surface area (TPSA) is 69.6 Å². The van der Waals surface area contributed by atoms with E-state index in [2.05, 4.69) is 15.1 Å². The standard InChI is InChI=1S/C9H10ClN5/c1-5-6(3-15(2)14-5)8-7(10)9(11)13-4-12-8/h3-4H,1-2H3,(H2,11,12,13). The number of hydrogen-bond acceptors (Lipinski definition) is 4. The highest BCUT2D eigenvalue weighted by Gasteiger charge is 2.13. The molecule has 78 valence electrons. The molecule has 0 bridgehead atoms. The first-order valence-electron chi connectivity index (χ1n) is 4.36. The van der Waals surface area contributed by atoms with E-state index < -0.39 is 0 Å². The minimum absolute atomic E-state index is 0.282. The molecule has 0 spiro atoms. The molecule has 5 nitrogen and oxygen atoms in total. The summed E-state index contributed by atoms with van der Waals surface area (Å²) in [6.45, 7) is 1.89. The Morgan fingerprint density at radius 3 is 2.73 bits per heavy atom. The van der Waals surface area contributed by atoms with Gasteiger partial charge in [-0.2, -0.15) is 5.10 Å². The van der Waals surface area contributed by atoms with Crippen molar-refractivity contribution in [2.45, 2.75) is 6.92 Å². The van der Waals surface area contributed by atoms with E-state index in [0.717, 1.165) is 11.3 Å². The lowest BCUT2D eigenvalue weighted by Crippen LogP contribution is -1.95. The van der Waals surface area contributed by atoms with Crippen LogP contribution in [0.3, 0.4) is 0 Å². The number of nitrogens with zero attached hydrogens (tertiary/aromatic N) is 4. The van der Waals surface area contributed by atoms with Crippen LogP contribution in [0.1, 0.15) is 5.69 Å². The fourth-order valence-electron chi connectivity index (χ4n) is 1.40. The molecule has 0 saturated carbocycles. The second-order valence-electron chi connectivity index (χ2n) is 3.22. The fraction of sp³-hybridized carbons (Fsp3) is 0.222. The second kappa shape index (κ2) is 3.51. The average molecular weight is 224 g/mol. The molecule has 0 aromatic carbocycles. The zero-order chi connectivity index (χ0) is 11.0. The fourth-order valence-corrected chi connectivity index (χ4v) is 1.60. The summed E-state index contributed by atoms with van der Waals surface area (Å²) in [4.78, 5) is 7.92. The number of nitrogens with two attached hydrogens (primary N) is 1. The minimum Gasteiger partial charge on any atom is -0.382 e. The van der Waals surface area contributed by atoms with Gasteiger partial charge in [-0.25, -0.2) is 9.97 Å². The predicted octanol–water partition coefficient (Wildman–Crippen LogP) is 1.42. The monoisotopic (exact) mass is 223 g/mol. The molecule has 0 fully saturated rings. The normalized spacial score (nSPS) is 10.6. The van der Waals surface area contributed by atoms with Crippen LogP contribution in [-0.4, -0.2) is 19.7 Å². The lowest BCUT2D eigenvalue weighted by Gasteiger charge is -2.02. The van der Waals surface area contributed by atoms with Gasteiger partial charge in [0.2, 0.25) is 0 Å². The number of aryl methyl sites for hydroxylation is 2. The molecule has 0 atom stereocenters. The largest absolute Gasteiger partial charge is 0.382 e. The van der Waals surface area contributed by atoms with E-state index >= 15 is 0 Å². The minimum atomic E-state index is 0.282. The quantitative estimate of drug-likeness (QED) is 0.794. The summed E-state index contributed by atoms with van der Waals surface area (Å²) in [6.07, 6.45) is 3.24. The molecular formula is C9H10ClN5. The van der Waals surface area contributed by atoms with Crippen LogP contribution in [0, 0.1) is 6.92 Å². The van der Waals surface area contributed by atoms with Crippen molar-refractivity contribution >= 4 is 17.4 Å². The summed E-state index contributed by atoms with van der Waals surface area (Å²) in [6, 6.07) is 0. The van der Waals surface area contributed by atoms with Crippen LogP contribution in [0.5, 0.6) is 0 Å². The van der Waals surface area contributed by atoms with Crippen LogP contribution in [-0.2, 0) is 7.05 Å². The zero-order valence-electron chi connectivity index (χ0n) is 8.40. The maximum atomic E-state index is 6.02. The SMILES string of the molecule is Cc1nn(C)cc1-c1ncnc(N)c1Cl. The molecule has 2 N–H and O–H groups in total. The van der Waals surface area contributed by atoms with E-state index in [0.29, 0.717) is 10.7 Å². The van der Waals surface area contributed by atoms with Crippen molar-refractivity contribution in [2.24, 2.45) is 7.05 Å². The zero-order valence-corrected chi connectivity index (χ0v) is 9.15. The van der Waals surface area contributed by atoms with Crippen LogP contribution >= 0.6 is 11.6 Å². The highest BCUT2D eigenvalue weighted by atomic mass is 35.5. The van der Waals surface area contributed by atoms with E-state index in [4.69, 9.17) is 17.3 Å². The Hall–Kier alpha value is -1.62. The molecule has 0 aliphatic heterocycles. The average Bonchev–Trinajstić information content (AvgIpc) is 2.50. The molecule has 0 aliphatic carbocycles. The van der Waals surface area contributed by atoms with Crippen LogP contribution in [0.15, 0.2) is 12.5 Å². The van der Waals surface area contributed by atoms with Crippen molar-refractivity contribution in [2.75, 3.05) is 5.73 Å². The third kappa shape index (κ3) is 1.66. The van der Waals surface area contributed by atoms with E-state index in [1.807, 2.05) is 20.2 Å². The molecule has 2 heterocycles. The van der Waals surface area contributed by atoms with Gasteiger partial charge in [-0.15, -0.1) is 0 Å². The number of nitrogen functional groups attached to an aromatic ring is 1. The van der Waals surface area contributed by atoms with Crippen molar-refractivity contribution in [1.29, 1.82) is 0 Å². The van der Waals surface area contributed by atoms with E-state index in [1.165, 1.54) is 6.33 Å². The maximum absolute atomic E-state index is 6.02. The van der Waals surface area contributed by atoms with Gasteiger partial charge in [-0.3, -0.25) is 4.68 Å². The number of hydrogen-bond donors (Lipinski definition) is 1. The van der Waals surface area contributed by atoms with E-state index in [-0.39, 0.29) is 5.82 Å². The Bertz CT molecular complexity index is 505. The lowest BCUT2D eigenvalue weighted by atomic mass is 10.2. The summed E-state index contributed by atoms with van der Waals surface area (Å²) in [5.74, 6) is 0.282.